The van der Waals surface area contributed by atoms with E-state index in [1.165, 1.54) is 0 Å². The molecule has 1 unspecified atom stereocenters. The smallest absolute Gasteiger partial charge is 0.119 e. The van der Waals surface area contributed by atoms with E-state index in [0.29, 0.717) is 6.54 Å². The number of nitrogens with two attached hydrogens (primary N) is 1. The van der Waals surface area contributed by atoms with Crippen molar-refractivity contribution in [1.29, 1.82) is 0 Å². The van der Waals surface area contributed by atoms with Crippen LogP contribution in [0.3, 0.4) is 0 Å². The van der Waals surface area contributed by atoms with Crippen molar-refractivity contribution in [2.24, 2.45) is 5.73 Å². The molecule has 0 aliphatic carbocycles. The molecule has 0 aliphatic rings. The lowest BCUT2D eigenvalue weighted by molar-refractivity contribution is -0.0695. The predicted molar refractivity (Wildman–Crippen MR) is 76.2 cm³/mol. The zero-order valence-corrected chi connectivity index (χ0v) is 12.1. The lowest BCUT2D eigenvalue weighted by Crippen LogP contribution is -2.31. The van der Waals surface area contributed by atoms with E-state index in [1.54, 1.807) is 0 Å². The van der Waals surface area contributed by atoms with Crippen LogP contribution in [0.15, 0.2) is 24.3 Å². The molecule has 1 atom stereocenters. The van der Waals surface area contributed by atoms with E-state index in [9.17, 15) is 5.11 Å². The molecule has 0 amide bonds. The highest BCUT2D eigenvalue weighted by molar-refractivity contribution is 5.27. The molecular weight excluding hydrogens is 242 g/mol. The zero-order valence-electron chi connectivity index (χ0n) is 12.1. The molecule has 3 N–H and O–H groups in total. The first-order valence-electron chi connectivity index (χ1n) is 6.70. The Morgan fingerprint density at radius 3 is 2.37 bits per heavy atom. The van der Waals surface area contributed by atoms with Crippen LogP contribution in [0.1, 0.15) is 32.8 Å². The predicted octanol–water partition coefficient (Wildman–Crippen LogP) is 2.09. The summed E-state index contributed by atoms with van der Waals surface area (Å²) in [5, 5.41) is 9.80. The van der Waals surface area contributed by atoms with Gasteiger partial charge in [0.05, 0.1) is 12.2 Å². The molecule has 0 fully saturated rings. The van der Waals surface area contributed by atoms with Crippen molar-refractivity contribution in [3.8, 4) is 5.75 Å². The van der Waals surface area contributed by atoms with Crippen molar-refractivity contribution < 1.29 is 14.6 Å². The molecule has 4 nitrogen and oxygen atoms in total. The summed E-state index contributed by atoms with van der Waals surface area (Å²) in [6, 6.07) is 7.54. The summed E-state index contributed by atoms with van der Waals surface area (Å²) in [5.74, 6) is 0.728. The SMILES string of the molecule is CCC(C)(C)OCC(O)COc1ccc(CN)cc1. The summed E-state index contributed by atoms with van der Waals surface area (Å²) in [7, 11) is 0. The maximum atomic E-state index is 9.80. The van der Waals surface area contributed by atoms with Gasteiger partial charge in [0, 0.05) is 6.54 Å². The summed E-state index contributed by atoms with van der Waals surface area (Å²) in [5.41, 5.74) is 6.37. The third-order valence-electron chi connectivity index (χ3n) is 3.12. The highest BCUT2D eigenvalue weighted by atomic mass is 16.5. The minimum atomic E-state index is -0.625. The first kappa shape index (κ1) is 16.0. The van der Waals surface area contributed by atoms with Crippen molar-refractivity contribution in [3.63, 3.8) is 0 Å². The fraction of sp³-hybridized carbons (Fsp3) is 0.600. The van der Waals surface area contributed by atoms with Gasteiger partial charge in [-0.15, -0.1) is 0 Å². The van der Waals surface area contributed by atoms with Gasteiger partial charge >= 0.3 is 0 Å². The van der Waals surface area contributed by atoms with E-state index in [2.05, 4.69) is 6.92 Å². The molecule has 19 heavy (non-hydrogen) atoms. The van der Waals surface area contributed by atoms with Crippen molar-refractivity contribution >= 4 is 0 Å². The van der Waals surface area contributed by atoms with Crippen LogP contribution in [0.25, 0.3) is 0 Å². The van der Waals surface area contributed by atoms with E-state index in [4.69, 9.17) is 15.2 Å². The summed E-state index contributed by atoms with van der Waals surface area (Å²) in [6.07, 6.45) is 0.279. The van der Waals surface area contributed by atoms with Crippen molar-refractivity contribution in [3.05, 3.63) is 29.8 Å². The minimum absolute atomic E-state index is 0.205. The summed E-state index contributed by atoms with van der Waals surface area (Å²) < 4.78 is 11.1. The van der Waals surface area contributed by atoms with Crippen molar-refractivity contribution in [1.82, 2.24) is 0 Å². The Hall–Kier alpha value is -1.10. The maximum Gasteiger partial charge on any atom is 0.119 e. The van der Waals surface area contributed by atoms with Gasteiger partial charge in [0.15, 0.2) is 0 Å². The van der Waals surface area contributed by atoms with E-state index < -0.39 is 6.10 Å². The third-order valence-corrected chi connectivity index (χ3v) is 3.12. The van der Waals surface area contributed by atoms with Gasteiger partial charge in [0.1, 0.15) is 18.5 Å². The van der Waals surface area contributed by atoms with Gasteiger partial charge < -0.3 is 20.3 Å². The molecule has 108 valence electrons. The largest absolute Gasteiger partial charge is 0.491 e. The number of rotatable bonds is 8. The van der Waals surface area contributed by atoms with Crippen LogP contribution in [-0.2, 0) is 11.3 Å². The summed E-state index contributed by atoms with van der Waals surface area (Å²) >= 11 is 0. The molecule has 1 aromatic rings. The minimum Gasteiger partial charge on any atom is -0.491 e. The highest BCUT2D eigenvalue weighted by Crippen LogP contribution is 2.15. The molecular formula is C15H25NO3. The van der Waals surface area contributed by atoms with E-state index in [-0.39, 0.29) is 18.8 Å². The molecule has 0 aliphatic heterocycles. The molecule has 0 aromatic heterocycles. The molecule has 1 aromatic carbocycles. The van der Waals surface area contributed by atoms with Crippen LogP contribution in [0.2, 0.25) is 0 Å². The molecule has 0 heterocycles. The third kappa shape index (κ3) is 6.05. The average Bonchev–Trinajstić information content (AvgIpc) is 2.43. The van der Waals surface area contributed by atoms with Gasteiger partial charge in [0.25, 0.3) is 0 Å². The fourth-order valence-electron chi connectivity index (χ4n) is 1.39. The molecule has 0 saturated heterocycles. The molecule has 0 spiro atoms. The Bertz CT molecular complexity index is 362. The van der Waals surface area contributed by atoms with Gasteiger partial charge in [-0.3, -0.25) is 0 Å². The number of benzene rings is 1. The zero-order chi connectivity index (χ0) is 14.3. The Morgan fingerprint density at radius 1 is 1.21 bits per heavy atom. The second kappa shape index (κ2) is 7.48. The first-order valence-corrected chi connectivity index (χ1v) is 6.70. The van der Waals surface area contributed by atoms with Crippen LogP contribution in [0, 0.1) is 0 Å². The fourth-order valence-corrected chi connectivity index (χ4v) is 1.39. The Labute approximate surface area is 115 Å². The quantitative estimate of drug-likeness (QED) is 0.757. The molecule has 4 heteroatoms. The highest BCUT2D eigenvalue weighted by Gasteiger charge is 2.17. The Balaban J connectivity index is 2.31. The van der Waals surface area contributed by atoms with Crippen LogP contribution in [0.5, 0.6) is 5.75 Å². The molecule has 1 rings (SSSR count). The number of hydrogen-bond acceptors (Lipinski definition) is 4. The maximum absolute atomic E-state index is 9.80. The lowest BCUT2D eigenvalue weighted by atomic mass is 10.1. The van der Waals surface area contributed by atoms with E-state index in [1.807, 2.05) is 38.1 Å². The monoisotopic (exact) mass is 267 g/mol. The van der Waals surface area contributed by atoms with Gasteiger partial charge in [-0.1, -0.05) is 19.1 Å². The second-order valence-corrected chi connectivity index (χ2v) is 5.24. The van der Waals surface area contributed by atoms with Gasteiger partial charge in [-0.2, -0.15) is 0 Å². The topological polar surface area (TPSA) is 64.7 Å². The Kier molecular flexibility index (Phi) is 6.28. The number of aliphatic hydroxyl groups excluding tert-OH is 1. The van der Waals surface area contributed by atoms with Crippen LogP contribution in [0.4, 0.5) is 0 Å². The van der Waals surface area contributed by atoms with Crippen LogP contribution in [-0.4, -0.2) is 30.0 Å². The molecule has 0 radical (unpaired) electrons. The average molecular weight is 267 g/mol. The normalized spacial score (nSPS) is 13.3. The first-order chi connectivity index (χ1) is 8.96. The summed E-state index contributed by atoms with van der Waals surface area (Å²) in [4.78, 5) is 0. The standard InChI is InChI=1S/C15H25NO3/c1-4-15(2,3)19-11-13(17)10-18-14-7-5-12(9-16)6-8-14/h5-8,13,17H,4,9-11,16H2,1-3H3. The van der Waals surface area contributed by atoms with E-state index in [0.717, 1.165) is 17.7 Å². The summed E-state index contributed by atoms with van der Waals surface area (Å²) in [6.45, 7) is 7.09. The number of hydrogen-bond donors (Lipinski definition) is 2. The van der Waals surface area contributed by atoms with Crippen LogP contribution < -0.4 is 10.5 Å². The van der Waals surface area contributed by atoms with Gasteiger partial charge in [0.2, 0.25) is 0 Å². The van der Waals surface area contributed by atoms with Crippen molar-refractivity contribution in [2.45, 2.75) is 45.4 Å². The number of aliphatic hydroxyl groups is 1. The molecule has 0 saturated carbocycles. The number of ether oxygens (including phenoxy) is 2. The lowest BCUT2D eigenvalue weighted by Gasteiger charge is -2.25. The van der Waals surface area contributed by atoms with Crippen LogP contribution >= 0.6 is 0 Å². The molecule has 0 bridgehead atoms. The van der Waals surface area contributed by atoms with E-state index >= 15 is 0 Å². The van der Waals surface area contributed by atoms with Gasteiger partial charge in [-0.05, 0) is 38.0 Å². The second-order valence-electron chi connectivity index (χ2n) is 5.24. The Morgan fingerprint density at radius 2 is 1.84 bits per heavy atom. The van der Waals surface area contributed by atoms with Gasteiger partial charge in [-0.25, -0.2) is 0 Å². The van der Waals surface area contributed by atoms with Crippen molar-refractivity contribution in [2.75, 3.05) is 13.2 Å².